The predicted molar refractivity (Wildman–Crippen MR) is 68.4 cm³/mol. The van der Waals surface area contributed by atoms with Crippen molar-refractivity contribution in [2.24, 2.45) is 0 Å². The lowest BCUT2D eigenvalue weighted by Gasteiger charge is -2.18. The van der Waals surface area contributed by atoms with Crippen LogP contribution in [0.3, 0.4) is 0 Å². The maximum absolute atomic E-state index is 11.6. The van der Waals surface area contributed by atoms with Crippen LogP contribution in [0.5, 0.6) is 0 Å². The van der Waals surface area contributed by atoms with E-state index in [-0.39, 0.29) is 11.9 Å². The van der Waals surface area contributed by atoms with Crippen molar-refractivity contribution >= 4 is 17.7 Å². The normalized spacial score (nSPS) is 14.7. The van der Waals surface area contributed by atoms with Crippen LogP contribution in [-0.4, -0.2) is 36.5 Å². The summed E-state index contributed by atoms with van der Waals surface area (Å²) in [6.45, 7) is 6.93. The van der Waals surface area contributed by atoms with Gasteiger partial charge in [0.2, 0.25) is 5.91 Å². The maximum atomic E-state index is 11.6. The zero-order valence-electron chi connectivity index (χ0n) is 10.3. The molecule has 4 heteroatoms. The van der Waals surface area contributed by atoms with E-state index >= 15 is 0 Å². The Morgan fingerprint density at radius 1 is 1.40 bits per heavy atom. The lowest BCUT2D eigenvalue weighted by atomic mass is 10.2. The average Bonchev–Trinajstić information content (AvgIpc) is 2.18. The number of hydrogen-bond acceptors (Lipinski definition) is 3. The predicted octanol–water partition coefficient (Wildman–Crippen LogP) is 1.63. The van der Waals surface area contributed by atoms with Crippen molar-refractivity contribution in [2.75, 3.05) is 18.6 Å². The van der Waals surface area contributed by atoms with Gasteiger partial charge in [0.15, 0.2) is 0 Å². The van der Waals surface area contributed by atoms with Gasteiger partial charge in [-0.2, -0.15) is 11.8 Å². The molecule has 0 aliphatic heterocycles. The fourth-order valence-corrected chi connectivity index (χ4v) is 1.94. The van der Waals surface area contributed by atoms with E-state index < -0.39 is 0 Å². The molecular weight excluding hydrogens is 208 g/mol. The summed E-state index contributed by atoms with van der Waals surface area (Å²) in [4.78, 5) is 11.6. The quantitative estimate of drug-likeness (QED) is 0.625. The van der Waals surface area contributed by atoms with Crippen molar-refractivity contribution in [1.29, 1.82) is 0 Å². The van der Waals surface area contributed by atoms with Crippen molar-refractivity contribution in [3.8, 4) is 0 Å². The molecule has 0 saturated carbocycles. The number of hydrogen-bond donors (Lipinski definition) is 2. The summed E-state index contributed by atoms with van der Waals surface area (Å²) in [7, 11) is 0. The number of thioether (sulfide) groups is 1. The topological polar surface area (TPSA) is 41.1 Å². The van der Waals surface area contributed by atoms with E-state index in [0.29, 0.717) is 6.04 Å². The molecule has 2 unspecified atom stereocenters. The van der Waals surface area contributed by atoms with Gasteiger partial charge in [-0.3, -0.25) is 4.79 Å². The van der Waals surface area contributed by atoms with Crippen LogP contribution in [0, 0.1) is 0 Å². The Balaban J connectivity index is 3.68. The minimum absolute atomic E-state index is 0.0935. The number of amides is 1. The molecule has 2 atom stereocenters. The maximum Gasteiger partial charge on any atom is 0.236 e. The molecule has 0 aliphatic carbocycles. The summed E-state index contributed by atoms with van der Waals surface area (Å²) in [5.74, 6) is 1.14. The molecule has 0 aromatic rings. The van der Waals surface area contributed by atoms with Gasteiger partial charge in [-0.05, 0) is 26.5 Å². The van der Waals surface area contributed by atoms with E-state index in [9.17, 15) is 4.79 Å². The largest absolute Gasteiger partial charge is 0.355 e. The van der Waals surface area contributed by atoms with Crippen LogP contribution in [0.2, 0.25) is 0 Å². The Labute approximate surface area is 97.8 Å². The van der Waals surface area contributed by atoms with Crippen molar-refractivity contribution < 1.29 is 4.79 Å². The minimum Gasteiger partial charge on any atom is -0.355 e. The van der Waals surface area contributed by atoms with E-state index in [1.807, 2.05) is 6.92 Å². The second-order valence-electron chi connectivity index (χ2n) is 3.89. The number of carbonyl (C=O) groups excluding carboxylic acids is 1. The van der Waals surface area contributed by atoms with Gasteiger partial charge in [0, 0.05) is 18.3 Å². The Bertz CT molecular complexity index is 176. The third-order valence-electron chi connectivity index (χ3n) is 2.17. The van der Waals surface area contributed by atoms with Crippen LogP contribution in [0.4, 0.5) is 0 Å². The highest BCUT2D eigenvalue weighted by Crippen LogP contribution is 1.97. The summed E-state index contributed by atoms with van der Waals surface area (Å²) in [5, 5.41) is 6.20. The third kappa shape index (κ3) is 7.68. The van der Waals surface area contributed by atoms with Gasteiger partial charge < -0.3 is 10.6 Å². The monoisotopic (exact) mass is 232 g/mol. The molecule has 1 amide bonds. The summed E-state index contributed by atoms with van der Waals surface area (Å²) in [6.07, 6.45) is 4.24. The molecule has 3 nitrogen and oxygen atoms in total. The summed E-state index contributed by atoms with van der Waals surface area (Å²) >= 11 is 1.79. The molecule has 90 valence electrons. The van der Waals surface area contributed by atoms with Gasteiger partial charge in [0.05, 0.1) is 6.04 Å². The first-order valence-electron chi connectivity index (χ1n) is 5.64. The molecular formula is C11H24N2OS. The van der Waals surface area contributed by atoms with Crippen molar-refractivity contribution in [2.45, 2.75) is 45.7 Å². The smallest absolute Gasteiger partial charge is 0.236 e. The van der Waals surface area contributed by atoms with E-state index in [2.05, 4.69) is 30.7 Å². The first-order chi connectivity index (χ1) is 7.11. The first kappa shape index (κ1) is 14.8. The standard InChI is InChI=1S/C11H24N2OS/c1-5-6-7-12-11(14)10(3)13-9(2)8-15-4/h9-10,13H,5-8H2,1-4H3,(H,12,14). The zero-order chi connectivity index (χ0) is 11.7. The molecule has 0 radical (unpaired) electrons. The Morgan fingerprint density at radius 2 is 2.07 bits per heavy atom. The fourth-order valence-electron chi connectivity index (χ4n) is 1.34. The molecule has 0 saturated heterocycles. The van der Waals surface area contributed by atoms with Crippen LogP contribution >= 0.6 is 11.8 Å². The molecule has 0 heterocycles. The fraction of sp³-hybridized carbons (Fsp3) is 0.909. The highest BCUT2D eigenvalue weighted by Gasteiger charge is 2.13. The van der Waals surface area contributed by atoms with Gasteiger partial charge in [0.1, 0.15) is 0 Å². The number of rotatable bonds is 8. The number of unbranched alkanes of at least 4 members (excludes halogenated alkanes) is 1. The van der Waals surface area contributed by atoms with Gasteiger partial charge >= 0.3 is 0 Å². The van der Waals surface area contributed by atoms with Crippen LogP contribution < -0.4 is 10.6 Å². The van der Waals surface area contributed by atoms with E-state index in [4.69, 9.17) is 0 Å². The van der Waals surface area contributed by atoms with Crippen LogP contribution in [0.1, 0.15) is 33.6 Å². The Kier molecular flexibility index (Phi) is 8.91. The highest BCUT2D eigenvalue weighted by molar-refractivity contribution is 7.98. The van der Waals surface area contributed by atoms with Gasteiger partial charge in [0.25, 0.3) is 0 Å². The third-order valence-corrected chi connectivity index (χ3v) is 3.01. The summed E-state index contributed by atoms with van der Waals surface area (Å²) < 4.78 is 0. The molecule has 2 N–H and O–H groups in total. The Morgan fingerprint density at radius 3 is 2.60 bits per heavy atom. The van der Waals surface area contributed by atoms with Crippen LogP contribution in [0.15, 0.2) is 0 Å². The molecule has 15 heavy (non-hydrogen) atoms. The molecule has 0 aromatic heterocycles. The van der Waals surface area contributed by atoms with E-state index in [0.717, 1.165) is 25.1 Å². The second-order valence-corrected chi connectivity index (χ2v) is 4.80. The zero-order valence-corrected chi connectivity index (χ0v) is 11.1. The average molecular weight is 232 g/mol. The lowest BCUT2D eigenvalue weighted by molar-refractivity contribution is -0.122. The molecule has 0 aromatic carbocycles. The van der Waals surface area contributed by atoms with Gasteiger partial charge in [-0.1, -0.05) is 13.3 Å². The van der Waals surface area contributed by atoms with Crippen LogP contribution in [0.25, 0.3) is 0 Å². The summed E-state index contributed by atoms with van der Waals surface area (Å²) in [5.41, 5.74) is 0. The van der Waals surface area contributed by atoms with Crippen LogP contribution in [-0.2, 0) is 4.79 Å². The van der Waals surface area contributed by atoms with Crippen molar-refractivity contribution in [3.63, 3.8) is 0 Å². The lowest BCUT2D eigenvalue weighted by Crippen LogP contribution is -2.46. The Hall–Kier alpha value is -0.220. The summed E-state index contributed by atoms with van der Waals surface area (Å²) in [6, 6.07) is 0.288. The van der Waals surface area contributed by atoms with Crippen molar-refractivity contribution in [3.05, 3.63) is 0 Å². The number of carbonyl (C=O) groups is 1. The van der Waals surface area contributed by atoms with Gasteiger partial charge in [-0.15, -0.1) is 0 Å². The second kappa shape index (κ2) is 9.04. The highest BCUT2D eigenvalue weighted by atomic mass is 32.2. The van der Waals surface area contributed by atoms with Crippen molar-refractivity contribution in [1.82, 2.24) is 10.6 Å². The van der Waals surface area contributed by atoms with Gasteiger partial charge in [-0.25, -0.2) is 0 Å². The minimum atomic E-state index is -0.0935. The first-order valence-corrected chi connectivity index (χ1v) is 7.03. The molecule has 0 rings (SSSR count). The molecule has 0 fully saturated rings. The number of nitrogens with one attached hydrogen (secondary N) is 2. The van der Waals surface area contributed by atoms with E-state index in [1.165, 1.54) is 0 Å². The molecule has 0 bridgehead atoms. The molecule has 0 aliphatic rings. The SMILES string of the molecule is CCCCNC(=O)C(C)NC(C)CSC. The van der Waals surface area contributed by atoms with E-state index in [1.54, 1.807) is 11.8 Å². The molecule has 0 spiro atoms.